The van der Waals surface area contributed by atoms with Crippen molar-refractivity contribution in [2.45, 2.75) is 38.9 Å². The molecule has 19 heavy (non-hydrogen) atoms. The molecule has 0 fully saturated rings. The van der Waals surface area contributed by atoms with E-state index in [4.69, 9.17) is 14.9 Å². The van der Waals surface area contributed by atoms with Crippen molar-refractivity contribution in [2.24, 2.45) is 5.92 Å². The van der Waals surface area contributed by atoms with Crippen LogP contribution in [-0.2, 0) is 22.4 Å². The van der Waals surface area contributed by atoms with Crippen molar-refractivity contribution in [2.75, 3.05) is 6.61 Å². The standard InChI is InChI=1S/C15H20O4/c1-2-19-14(16)8-10-3-4-12-9-13(15(17)18)6-5-11(12)7-10/h5-6,9-10,15,17-18H,2-4,7-8H2,1H3. The molecule has 1 aromatic rings. The topological polar surface area (TPSA) is 66.8 Å². The Kier molecular flexibility index (Phi) is 4.56. The second kappa shape index (κ2) is 6.17. The predicted octanol–water partition coefficient (Wildman–Crippen LogP) is 1.73. The number of fused-ring (bicyclic) bond motifs is 1. The lowest BCUT2D eigenvalue weighted by atomic mass is 9.81. The molecule has 1 aromatic carbocycles. The Bertz CT molecular complexity index is 453. The summed E-state index contributed by atoms with van der Waals surface area (Å²) in [5, 5.41) is 18.3. The maximum absolute atomic E-state index is 11.5. The van der Waals surface area contributed by atoms with E-state index in [2.05, 4.69) is 0 Å². The molecule has 0 amide bonds. The molecule has 0 aliphatic heterocycles. The number of hydrogen-bond donors (Lipinski definition) is 2. The summed E-state index contributed by atoms with van der Waals surface area (Å²) in [4.78, 5) is 11.5. The van der Waals surface area contributed by atoms with E-state index in [0.717, 1.165) is 24.8 Å². The van der Waals surface area contributed by atoms with Gasteiger partial charge in [-0.25, -0.2) is 0 Å². The number of carbonyl (C=O) groups is 1. The molecule has 1 aliphatic carbocycles. The second-order valence-corrected chi connectivity index (χ2v) is 5.02. The molecule has 1 aliphatic rings. The summed E-state index contributed by atoms with van der Waals surface area (Å²) >= 11 is 0. The predicted molar refractivity (Wildman–Crippen MR) is 70.4 cm³/mol. The fraction of sp³-hybridized carbons (Fsp3) is 0.533. The summed E-state index contributed by atoms with van der Waals surface area (Å²) in [6, 6.07) is 5.51. The monoisotopic (exact) mass is 264 g/mol. The first-order chi connectivity index (χ1) is 9.10. The number of esters is 1. The van der Waals surface area contributed by atoms with Gasteiger partial charge in [0, 0.05) is 12.0 Å². The maximum Gasteiger partial charge on any atom is 0.306 e. The molecule has 1 atom stereocenters. The van der Waals surface area contributed by atoms with Crippen molar-refractivity contribution in [3.63, 3.8) is 0 Å². The van der Waals surface area contributed by atoms with Crippen molar-refractivity contribution in [3.8, 4) is 0 Å². The van der Waals surface area contributed by atoms with E-state index in [1.165, 1.54) is 5.56 Å². The van der Waals surface area contributed by atoms with Crippen molar-refractivity contribution < 1.29 is 19.7 Å². The Labute approximate surface area is 113 Å². The van der Waals surface area contributed by atoms with E-state index in [9.17, 15) is 4.79 Å². The molecule has 2 N–H and O–H groups in total. The van der Waals surface area contributed by atoms with Gasteiger partial charge in [-0.05, 0) is 43.2 Å². The zero-order valence-corrected chi connectivity index (χ0v) is 11.1. The molecular weight excluding hydrogens is 244 g/mol. The van der Waals surface area contributed by atoms with Crippen LogP contribution in [0.25, 0.3) is 0 Å². The van der Waals surface area contributed by atoms with Gasteiger partial charge in [0.15, 0.2) is 6.29 Å². The Balaban J connectivity index is 2.02. The maximum atomic E-state index is 11.5. The lowest BCUT2D eigenvalue weighted by Gasteiger charge is -2.24. The van der Waals surface area contributed by atoms with Gasteiger partial charge >= 0.3 is 5.97 Å². The van der Waals surface area contributed by atoms with Crippen LogP contribution < -0.4 is 0 Å². The van der Waals surface area contributed by atoms with E-state index in [1.807, 2.05) is 19.1 Å². The third-order valence-corrected chi connectivity index (χ3v) is 3.62. The lowest BCUT2D eigenvalue weighted by Crippen LogP contribution is -2.19. The van der Waals surface area contributed by atoms with Gasteiger partial charge in [-0.2, -0.15) is 0 Å². The first-order valence-corrected chi connectivity index (χ1v) is 6.73. The van der Waals surface area contributed by atoms with Crippen LogP contribution in [0.4, 0.5) is 0 Å². The van der Waals surface area contributed by atoms with Gasteiger partial charge in [-0.1, -0.05) is 18.2 Å². The highest BCUT2D eigenvalue weighted by Gasteiger charge is 2.22. The number of aliphatic hydroxyl groups excluding tert-OH is 1. The Morgan fingerprint density at radius 1 is 1.42 bits per heavy atom. The molecule has 2 rings (SSSR count). The molecule has 0 spiro atoms. The number of aryl methyl sites for hydroxylation is 1. The molecule has 4 heteroatoms. The average Bonchev–Trinajstić information content (AvgIpc) is 2.38. The zero-order chi connectivity index (χ0) is 13.8. The molecule has 104 valence electrons. The van der Waals surface area contributed by atoms with Gasteiger partial charge in [0.05, 0.1) is 6.61 Å². The Morgan fingerprint density at radius 3 is 2.89 bits per heavy atom. The summed E-state index contributed by atoms with van der Waals surface area (Å²) in [5.74, 6) is 0.204. The van der Waals surface area contributed by atoms with Crippen molar-refractivity contribution >= 4 is 5.97 Å². The number of aliphatic hydroxyl groups is 2. The van der Waals surface area contributed by atoms with Crippen LogP contribution in [0.15, 0.2) is 18.2 Å². The molecule has 1 unspecified atom stereocenters. The van der Waals surface area contributed by atoms with Gasteiger partial charge in [0.2, 0.25) is 0 Å². The molecule has 0 aromatic heterocycles. The fourth-order valence-electron chi connectivity index (χ4n) is 2.64. The molecule has 0 saturated carbocycles. The molecule has 0 saturated heterocycles. The van der Waals surface area contributed by atoms with Crippen LogP contribution in [-0.4, -0.2) is 22.8 Å². The number of rotatable bonds is 4. The molecule has 0 heterocycles. The van der Waals surface area contributed by atoms with Crippen LogP contribution in [0.1, 0.15) is 42.7 Å². The SMILES string of the molecule is CCOC(=O)CC1CCc2cc(C(O)O)ccc2C1. The highest BCUT2D eigenvalue weighted by molar-refractivity contribution is 5.69. The van der Waals surface area contributed by atoms with E-state index in [1.54, 1.807) is 6.07 Å². The van der Waals surface area contributed by atoms with E-state index in [0.29, 0.717) is 24.5 Å². The minimum absolute atomic E-state index is 0.127. The summed E-state index contributed by atoms with van der Waals surface area (Å²) < 4.78 is 4.98. The van der Waals surface area contributed by atoms with E-state index < -0.39 is 6.29 Å². The Hall–Kier alpha value is -1.39. The van der Waals surface area contributed by atoms with Crippen LogP contribution in [0.5, 0.6) is 0 Å². The van der Waals surface area contributed by atoms with Gasteiger partial charge in [-0.15, -0.1) is 0 Å². The van der Waals surface area contributed by atoms with Crippen molar-refractivity contribution in [3.05, 3.63) is 34.9 Å². The quantitative estimate of drug-likeness (QED) is 0.642. The molecule has 0 bridgehead atoms. The first kappa shape index (κ1) is 14.0. The Morgan fingerprint density at radius 2 is 2.21 bits per heavy atom. The molecular formula is C15H20O4. The largest absolute Gasteiger partial charge is 0.466 e. The van der Waals surface area contributed by atoms with Crippen molar-refractivity contribution in [1.29, 1.82) is 0 Å². The summed E-state index contributed by atoms with van der Waals surface area (Å²) in [6.07, 6.45) is 1.73. The first-order valence-electron chi connectivity index (χ1n) is 6.73. The van der Waals surface area contributed by atoms with Gasteiger partial charge < -0.3 is 14.9 Å². The summed E-state index contributed by atoms with van der Waals surface area (Å²) in [7, 11) is 0. The third kappa shape index (κ3) is 3.55. The van der Waals surface area contributed by atoms with Crippen LogP contribution in [0.2, 0.25) is 0 Å². The smallest absolute Gasteiger partial charge is 0.306 e. The number of benzene rings is 1. The molecule has 4 nitrogen and oxygen atoms in total. The second-order valence-electron chi connectivity index (χ2n) is 5.02. The third-order valence-electron chi connectivity index (χ3n) is 3.62. The van der Waals surface area contributed by atoms with Crippen LogP contribution in [0, 0.1) is 5.92 Å². The lowest BCUT2D eigenvalue weighted by molar-refractivity contribution is -0.144. The average molecular weight is 264 g/mol. The highest BCUT2D eigenvalue weighted by Crippen LogP contribution is 2.29. The minimum atomic E-state index is -1.41. The highest BCUT2D eigenvalue weighted by atomic mass is 16.5. The van der Waals surface area contributed by atoms with E-state index in [-0.39, 0.29) is 5.97 Å². The van der Waals surface area contributed by atoms with E-state index >= 15 is 0 Å². The summed E-state index contributed by atoms with van der Waals surface area (Å²) in [5.41, 5.74) is 2.89. The van der Waals surface area contributed by atoms with Gasteiger partial charge in [0.1, 0.15) is 0 Å². The number of carbonyl (C=O) groups excluding carboxylic acids is 1. The van der Waals surface area contributed by atoms with Gasteiger partial charge in [-0.3, -0.25) is 4.79 Å². The number of hydrogen-bond acceptors (Lipinski definition) is 4. The normalized spacial score (nSPS) is 18.2. The molecule has 0 radical (unpaired) electrons. The summed E-state index contributed by atoms with van der Waals surface area (Å²) in [6.45, 7) is 2.25. The van der Waals surface area contributed by atoms with Gasteiger partial charge in [0.25, 0.3) is 0 Å². The van der Waals surface area contributed by atoms with Crippen LogP contribution in [0.3, 0.4) is 0 Å². The fourth-order valence-corrected chi connectivity index (χ4v) is 2.64. The minimum Gasteiger partial charge on any atom is -0.466 e. The zero-order valence-electron chi connectivity index (χ0n) is 11.1. The van der Waals surface area contributed by atoms with Crippen LogP contribution >= 0.6 is 0 Å². The van der Waals surface area contributed by atoms with Crippen molar-refractivity contribution in [1.82, 2.24) is 0 Å². The number of ether oxygens (including phenoxy) is 1.